The van der Waals surface area contributed by atoms with E-state index in [0.29, 0.717) is 0 Å². The summed E-state index contributed by atoms with van der Waals surface area (Å²) in [5.41, 5.74) is 0. The van der Waals surface area contributed by atoms with Crippen molar-refractivity contribution < 1.29 is 8.42 Å². The van der Waals surface area contributed by atoms with Crippen LogP contribution >= 0.6 is 0 Å². The van der Waals surface area contributed by atoms with Crippen molar-refractivity contribution in [3.8, 4) is 0 Å². The second-order valence-electron chi connectivity index (χ2n) is 6.72. The summed E-state index contributed by atoms with van der Waals surface area (Å²) >= 11 is 0. The highest BCUT2D eigenvalue weighted by molar-refractivity contribution is 7.90. The molecule has 1 aromatic heterocycles. The molecule has 8 heteroatoms. The second-order valence-corrected chi connectivity index (χ2v) is 8.72. The normalized spacial score (nSPS) is 26.3. The fourth-order valence-corrected chi connectivity index (χ4v) is 5.14. The van der Waals surface area contributed by atoms with Gasteiger partial charge in [0.1, 0.15) is 11.6 Å². The zero-order chi connectivity index (χ0) is 15.2. The van der Waals surface area contributed by atoms with Crippen LogP contribution in [-0.4, -0.2) is 52.5 Å². The fraction of sp³-hybridized carbons (Fsp3) is 0.857. The molecule has 3 heterocycles. The average molecular weight is 325 g/mol. The van der Waals surface area contributed by atoms with Gasteiger partial charge < -0.3 is 4.57 Å². The summed E-state index contributed by atoms with van der Waals surface area (Å²) in [6, 6.07) is 0.0420. The summed E-state index contributed by atoms with van der Waals surface area (Å²) in [4.78, 5) is 2.30. The number of aryl methyl sites for hydroxylation is 1. The predicted molar refractivity (Wildman–Crippen MR) is 81.7 cm³/mol. The number of rotatable bonds is 5. The van der Waals surface area contributed by atoms with Gasteiger partial charge in [0.15, 0.2) is 0 Å². The summed E-state index contributed by atoms with van der Waals surface area (Å²) in [7, 11) is -3.09. The molecule has 1 saturated carbocycles. The van der Waals surface area contributed by atoms with E-state index < -0.39 is 10.0 Å². The van der Waals surface area contributed by atoms with Gasteiger partial charge in [-0.25, -0.2) is 13.1 Å². The van der Waals surface area contributed by atoms with E-state index in [1.54, 1.807) is 0 Å². The molecule has 22 heavy (non-hydrogen) atoms. The number of hydrogen-bond donors (Lipinski definition) is 1. The molecule has 2 aliphatic heterocycles. The fourth-order valence-electron chi connectivity index (χ4n) is 3.53. The van der Waals surface area contributed by atoms with E-state index in [-0.39, 0.29) is 11.3 Å². The van der Waals surface area contributed by atoms with Gasteiger partial charge in [0.05, 0.1) is 11.8 Å². The maximum atomic E-state index is 12.1. The molecule has 4 rings (SSSR count). The quantitative estimate of drug-likeness (QED) is 0.840. The summed E-state index contributed by atoms with van der Waals surface area (Å²) in [5.74, 6) is 2.12. The third-order valence-electron chi connectivity index (χ3n) is 4.85. The van der Waals surface area contributed by atoms with Gasteiger partial charge in [0, 0.05) is 25.6 Å². The molecular weight excluding hydrogens is 302 g/mol. The van der Waals surface area contributed by atoms with Gasteiger partial charge in [0.2, 0.25) is 10.0 Å². The smallest absolute Gasteiger partial charge is 0.214 e. The Hall–Kier alpha value is -0.990. The molecule has 0 bridgehead atoms. The molecule has 122 valence electrons. The van der Waals surface area contributed by atoms with E-state index in [9.17, 15) is 8.42 Å². The van der Waals surface area contributed by atoms with Gasteiger partial charge >= 0.3 is 0 Å². The Labute approximate surface area is 131 Å². The van der Waals surface area contributed by atoms with Crippen LogP contribution in [0.1, 0.15) is 43.8 Å². The van der Waals surface area contributed by atoms with Gasteiger partial charge in [-0.3, -0.25) is 4.90 Å². The Morgan fingerprint density at radius 2 is 2.00 bits per heavy atom. The van der Waals surface area contributed by atoms with Gasteiger partial charge in [0.25, 0.3) is 0 Å². The molecule has 0 amide bonds. The molecule has 1 saturated heterocycles. The van der Waals surface area contributed by atoms with Crippen LogP contribution in [0.5, 0.6) is 0 Å². The topological polar surface area (TPSA) is 80.1 Å². The molecule has 0 aromatic carbocycles. The van der Waals surface area contributed by atoms with Crippen LogP contribution in [0.25, 0.3) is 0 Å². The van der Waals surface area contributed by atoms with E-state index in [1.165, 1.54) is 0 Å². The Kier molecular flexibility index (Phi) is 3.70. The number of aromatic nitrogens is 3. The van der Waals surface area contributed by atoms with E-state index in [0.717, 1.165) is 76.4 Å². The maximum absolute atomic E-state index is 12.1. The first kappa shape index (κ1) is 14.6. The number of hydrogen-bond acceptors (Lipinski definition) is 5. The first-order valence-electron chi connectivity index (χ1n) is 8.26. The predicted octanol–water partition coefficient (Wildman–Crippen LogP) is 0.270. The highest BCUT2D eigenvalue weighted by Crippen LogP contribution is 2.28. The van der Waals surface area contributed by atoms with Crippen molar-refractivity contribution in [1.82, 2.24) is 24.4 Å². The van der Waals surface area contributed by atoms with Crippen LogP contribution in [-0.2, 0) is 29.5 Å². The number of likely N-dealkylation sites (tertiary alicyclic amines) is 1. The monoisotopic (exact) mass is 325 g/mol. The third kappa shape index (κ3) is 2.91. The van der Waals surface area contributed by atoms with Crippen molar-refractivity contribution >= 4 is 10.0 Å². The van der Waals surface area contributed by atoms with Crippen molar-refractivity contribution in [3.05, 3.63) is 11.6 Å². The van der Waals surface area contributed by atoms with Gasteiger partial charge in [-0.2, -0.15) is 0 Å². The SMILES string of the molecule is O=S(=O)(NC1CCCN(Cc2nnc3n2CCC3)C1)C1CC1. The molecule has 1 unspecified atom stereocenters. The summed E-state index contributed by atoms with van der Waals surface area (Å²) in [6.07, 6.45) is 5.77. The van der Waals surface area contributed by atoms with Crippen LogP contribution in [0, 0.1) is 0 Å². The molecule has 7 nitrogen and oxygen atoms in total. The molecule has 2 fully saturated rings. The minimum atomic E-state index is -3.09. The summed E-state index contributed by atoms with van der Waals surface area (Å²) in [6.45, 7) is 3.57. The highest BCUT2D eigenvalue weighted by Gasteiger charge is 2.37. The molecule has 1 aliphatic carbocycles. The number of fused-ring (bicyclic) bond motifs is 1. The number of sulfonamides is 1. The zero-order valence-corrected chi connectivity index (χ0v) is 13.6. The Morgan fingerprint density at radius 3 is 2.82 bits per heavy atom. The molecule has 1 atom stereocenters. The second kappa shape index (κ2) is 5.58. The van der Waals surface area contributed by atoms with E-state index in [2.05, 4.69) is 24.4 Å². The Morgan fingerprint density at radius 1 is 1.14 bits per heavy atom. The van der Waals surface area contributed by atoms with Gasteiger partial charge in [-0.05, 0) is 38.6 Å². The number of nitrogens with one attached hydrogen (secondary N) is 1. The number of nitrogens with zero attached hydrogens (tertiary/aromatic N) is 4. The van der Waals surface area contributed by atoms with Crippen LogP contribution < -0.4 is 4.72 Å². The van der Waals surface area contributed by atoms with E-state index >= 15 is 0 Å². The van der Waals surface area contributed by atoms with Crippen molar-refractivity contribution in [2.75, 3.05) is 13.1 Å². The van der Waals surface area contributed by atoms with Crippen molar-refractivity contribution in [3.63, 3.8) is 0 Å². The maximum Gasteiger partial charge on any atom is 0.214 e. The van der Waals surface area contributed by atoms with Gasteiger partial charge in [-0.15, -0.1) is 10.2 Å². The lowest BCUT2D eigenvalue weighted by atomic mass is 10.1. The first-order chi connectivity index (χ1) is 10.6. The molecule has 1 N–H and O–H groups in total. The lowest BCUT2D eigenvalue weighted by Gasteiger charge is -2.32. The Balaban J connectivity index is 1.38. The van der Waals surface area contributed by atoms with E-state index in [4.69, 9.17) is 0 Å². The average Bonchev–Trinajstić information content (AvgIpc) is 3.13. The van der Waals surface area contributed by atoms with Crippen molar-refractivity contribution in [2.24, 2.45) is 0 Å². The highest BCUT2D eigenvalue weighted by atomic mass is 32.2. The molecule has 0 radical (unpaired) electrons. The van der Waals surface area contributed by atoms with Crippen LogP contribution in [0.15, 0.2) is 0 Å². The van der Waals surface area contributed by atoms with Crippen LogP contribution in [0.3, 0.4) is 0 Å². The third-order valence-corrected chi connectivity index (χ3v) is 6.86. The van der Waals surface area contributed by atoms with E-state index in [1.807, 2.05) is 0 Å². The van der Waals surface area contributed by atoms with Crippen LogP contribution in [0.4, 0.5) is 0 Å². The number of piperidine rings is 1. The minimum absolute atomic E-state index is 0.0420. The van der Waals surface area contributed by atoms with Crippen molar-refractivity contribution in [2.45, 2.75) is 62.9 Å². The first-order valence-corrected chi connectivity index (χ1v) is 9.81. The lowest BCUT2D eigenvalue weighted by Crippen LogP contribution is -2.48. The molecule has 0 spiro atoms. The summed E-state index contributed by atoms with van der Waals surface area (Å²) < 4.78 is 29.3. The molecular formula is C14H23N5O2S. The van der Waals surface area contributed by atoms with Gasteiger partial charge in [-0.1, -0.05) is 0 Å². The lowest BCUT2D eigenvalue weighted by molar-refractivity contribution is 0.188. The molecule has 3 aliphatic rings. The standard InChI is InChI=1S/C14H23N5O2S/c20-22(21,12-5-6-12)17-11-3-1-7-18(9-11)10-14-16-15-13-4-2-8-19(13)14/h11-12,17H,1-10H2. The molecule has 1 aromatic rings. The van der Waals surface area contributed by atoms with Crippen molar-refractivity contribution in [1.29, 1.82) is 0 Å². The summed E-state index contributed by atoms with van der Waals surface area (Å²) in [5, 5.41) is 8.41. The zero-order valence-electron chi connectivity index (χ0n) is 12.7. The largest absolute Gasteiger partial charge is 0.314 e. The van der Waals surface area contributed by atoms with Crippen LogP contribution in [0.2, 0.25) is 0 Å². The Bertz CT molecular complexity index is 652. The minimum Gasteiger partial charge on any atom is -0.314 e.